The summed E-state index contributed by atoms with van der Waals surface area (Å²) in [6.45, 7) is 0. The molecule has 0 bridgehead atoms. The molecule has 0 amide bonds. The van der Waals surface area contributed by atoms with Crippen LogP contribution in [0.1, 0.15) is 0 Å². The molecule has 0 aliphatic heterocycles. The van der Waals surface area contributed by atoms with Gasteiger partial charge in [0.15, 0.2) is 0 Å². The van der Waals surface area contributed by atoms with Crippen LogP contribution in [0.5, 0.6) is 0 Å². The molecule has 12 aromatic rings. The average molecular weight is 867 g/mol. The van der Waals surface area contributed by atoms with Crippen molar-refractivity contribution in [3.05, 3.63) is 279 Å². The van der Waals surface area contributed by atoms with Crippen LogP contribution in [0.4, 0.5) is 17.1 Å². The van der Waals surface area contributed by atoms with Crippen LogP contribution in [-0.4, -0.2) is 4.57 Å². The van der Waals surface area contributed by atoms with Gasteiger partial charge in [-0.2, -0.15) is 0 Å². The van der Waals surface area contributed by atoms with Gasteiger partial charge in [-0.25, -0.2) is 0 Å². The van der Waals surface area contributed by atoms with E-state index in [9.17, 15) is 0 Å². The van der Waals surface area contributed by atoms with E-state index in [0.29, 0.717) is 0 Å². The Morgan fingerprint density at radius 3 is 0.882 bits per heavy atom. The molecule has 0 unspecified atom stereocenters. The van der Waals surface area contributed by atoms with Crippen LogP contribution in [0.3, 0.4) is 0 Å². The minimum absolute atomic E-state index is 1.09. The van der Waals surface area contributed by atoms with Crippen molar-refractivity contribution in [3.63, 3.8) is 0 Å². The minimum Gasteiger partial charge on any atom is -0.311 e. The Balaban J connectivity index is 0.840. The smallest absolute Gasteiger partial charge is 0.0541 e. The number of nitrogens with zero attached hydrogens (tertiary/aromatic N) is 2. The topological polar surface area (TPSA) is 8.17 Å². The number of anilines is 3. The third kappa shape index (κ3) is 7.85. The molecule has 1 heterocycles. The lowest BCUT2D eigenvalue weighted by atomic mass is 9.98. The number of hydrogen-bond donors (Lipinski definition) is 0. The summed E-state index contributed by atoms with van der Waals surface area (Å²) in [7, 11) is 0. The molecule has 2 nitrogen and oxygen atoms in total. The van der Waals surface area contributed by atoms with Crippen molar-refractivity contribution in [2.24, 2.45) is 0 Å². The Kier molecular flexibility index (Phi) is 10.6. The van der Waals surface area contributed by atoms with Crippen molar-refractivity contribution in [2.75, 3.05) is 4.90 Å². The third-order valence-corrected chi connectivity index (χ3v) is 13.3. The Bertz CT molecular complexity index is 3510. The molecule has 0 saturated carbocycles. The molecule has 0 radical (unpaired) electrons. The fraction of sp³-hybridized carbons (Fsp3) is 0. The SMILES string of the molecule is c1ccc(-c2ccc(-c3ccc(N(c4ccc(-c5ccc(-c6ccccc6)cc5)cc4)c4ccc(-c5ccc(-c6ccc7c(c6)c6ccccc6n7-c6ccccc6)cc5)cc4)cc3)cc2)cc1. The van der Waals surface area contributed by atoms with Crippen LogP contribution in [0.2, 0.25) is 0 Å². The highest BCUT2D eigenvalue weighted by atomic mass is 15.1. The summed E-state index contributed by atoms with van der Waals surface area (Å²) in [6, 6.07) is 101. The summed E-state index contributed by atoms with van der Waals surface area (Å²) in [5.41, 5.74) is 21.2. The van der Waals surface area contributed by atoms with E-state index < -0.39 is 0 Å². The molecule has 0 atom stereocenters. The lowest BCUT2D eigenvalue weighted by molar-refractivity contribution is 1.18. The van der Waals surface area contributed by atoms with E-state index in [4.69, 9.17) is 0 Å². The molecule has 12 rings (SSSR count). The zero-order chi connectivity index (χ0) is 45.2. The number of rotatable bonds is 10. The highest BCUT2D eigenvalue weighted by Gasteiger charge is 2.16. The van der Waals surface area contributed by atoms with Gasteiger partial charge in [-0.15, -0.1) is 0 Å². The summed E-state index contributed by atoms with van der Waals surface area (Å²) in [6.07, 6.45) is 0. The summed E-state index contributed by atoms with van der Waals surface area (Å²) >= 11 is 0. The second-order valence-corrected chi connectivity index (χ2v) is 17.4. The van der Waals surface area contributed by atoms with Crippen molar-refractivity contribution in [3.8, 4) is 72.4 Å². The van der Waals surface area contributed by atoms with Crippen molar-refractivity contribution in [2.45, 2.75) is 0 Å². The third-order valence-electron chi connectivity index (χ3n) is 13.3. The van der Waals surface area contributed by atoms with Gasteiger partial charge in [-0.3, -0.25) is 0 Å². The Labute approximate surface area is 397 Å². The van der Waals surface area contributed by atoms with Crippen LogP contribution in [0.25, 0.3) is 94.3 Å². The quantitative estimate of drug-likeness (QED) is 0.133. The van der Waals surface area contributed by atoms with Gasteiger partial charge in [-0.05, 0) is 133 Å². The van der Waals surface area contributed by atoms with Crippen LogP contribution in [0.15, 0.2) is 279 Å². The fourth-order valence-electron chi connectivity index (χ4n) is 9.69. The van der Waals surface area contributed by atoms with E-state index in [1.165, 1.54) is 94.3 Å². The number of benzene rings is 11. The normalized spacial score (nSPS) is 11.2. The van der Waals surface area contributed by atoms with E-state index in [1.807, 2.05) is 0 Å². The molecule has 11 aromatic carbocycles. The van der Waals surface area contributed by atoms with Gasteiger partial charge in [0.2, 0.25) is 0 Å². The van der Waals surface area contributed by atoms with Gasteiger partial charge in [0.05, 0.1) is 11.0 Å². The highest BCUT2D eigenvalue weighted by molar-refractivity contribution is 6.10. The Morgan fingerprint density at radius 1 is 0.206 bits per heavy atom. The van der Waals surface area contributed by atoms with Gasteiger partial charge in [0, 0.05) is 33.5 Å². The molecule has 68 heavy (non-hydrogen) atoms. The standard InChI is InChI=1S/C66H46N2/c1-4-12-47(13-5-1)49-20-24-51(25-21-49)54-32-39-60(40-33-54)67(61-41-34-55(35-42-61)52-26-22-50(23-27-52)48-14-6-2-7-15-48)62-43-36-56(37-44-62)53-28-30-57(31-29-53)58-38-45-66-64(46-58)63-18-10-11-19-65(63)68(66)59-16-8-3-9-17-59/h1-46H. The predicted molar refractivity (Wildman–Crippen MR) is 288 cm³/mol. The molecule has 1 aromatic heterocycles. The molecule has 0 aliphatic rings. The molecule has 320 valence electrons. The average Bonchev–Trinajstić information content (AvgIpc) is 3.76. The number of aromatic nitrogens is 1. The zero-order valence-corrected chi connectivity index (χ0v) is 37.5. The summed E-state index contributed by atoms with van der Waals surface area (Å²) in [4.78, 5) is 2.35. The van der Waals surface area contributed by atoms with Crippen molar-refractivity contribution >= 4 is 38.9 Å². The van der Waals surface area contributed by atoms with Crippen LogP contribution < -0.4 is 4.90 Å². The van der Waals surface area contributed by atoms with Crippen molar-refractivity contribution < 1.29 is 0 Å². The monoisotopic (exact) mass is 866 g/mol. The molecular formula is C66H46N2. The Morgan fingerprint density at radius 2 is 0.485 bits per heavy atom. The first kappa shape index (κ1) is 40.5. The fourth-order valence-corrected chi connectivity index (χ4v) is 9.69. The van der Waals surface area contributed by atoms with E-state index in [-0.39, 0.29) is 0 Å². The summed E-state index contributed by atoms with van der Waals surface area (Å²) in [5, 5.41) is 2.51. The van der Waals surface area contributed by atoms with Crippen LogP contribution in [0, 0.1) is 0 Å². The molecule has 2 heteroatoms. The maximum Gasteiger partial charge on any atom is 0.0541 e. The number of hydrogen-bond acceptors (Lipinski definition) is 1. The highest BCUT2D eigenvalue weighted by Crippen LogP contribution is 2.40. The molecule has 0 fully saturated rings. The van der Waals surface area contributed by atoms with Crippen LogP contribution in [-0.2, 0) is 0 Å². The van der Waals surface area contributed by atoms with Crippen molar-refractivity contribution in [1.82, 2.24) is 4.57 Å². The van der Waals surface area contributed by atoms with Crippen molar-refractivity contribution in [1.29, 1.82) is 0 Å². The maximum atomic E-state index is 2.37. The second kappa shape index (κ2) is 17.8. The second-order valence-electron chi connectivity index (χ2n) is 17.4. The largest absolute Gasteiger partial charge is 0.311 e. The van der Waals surface area contributed by atoms with Gasteiger partial charge in [0.1, 0.15) is 0 Å². The molecular weight excluding hydrogens is 821 g/mol. The lowest BCUT2D eigenvalue weighted by Crippen LogP contribution is -2.09. The van der Waals surface area contributed by atoms with Gasteiger partial charge in [0.25, 0.3) is 0 Å². The van der Waals surface area contributed by atoms with E-state index in [2.05, 4.69) is 289 Å². The van der Waals surface area contributed by atoms with Gasteiger partial charge >= 0.3 is 0 Å². The first-order valence-electron chi connectivity index (χ1n) is 23.3. The molecule has 0 N–H and O–H groups in total. The summed E-state index contributed by atoms with van der Waals surface area (Å²) < 4.78 is 2.37. The molecule has 0 saturated heterocycles. The molecule has 0 aliphatic carbocycles. The first-order chi connectivity index (χ1) is 33.7. The number of fused-ring (bicyclic) bond motifs is 3. The van der Waals surface area contributed by atoms with Gasteiger partial charge in [-0.1, -0.05) is 212 Å². The first-order valence-corrected chi connectivity index (χ1v) is 23.3. The van der Waals surface area contributed by atoms with Crippen LogP contribution >= 0.6 is 0 Å². The minimum atomic E-state index is 1.09. The number of para-hydroxylation sites is 2. The van der Waals surface area contributed by atoms with E-state index in [1.54, 1.807) is 0 Å². The van der Waals surface area contributed by atoms with E-state index in [0.717, 1.165) is 17.1 Å². The zero-order valence-electron chi connectivity index (χ0n) is 37.5. The lowest BCUT2D eigenvalue weighted by Gasteiger charge is -2.26. The van der Waals surface area contributed by atoms with E-state index >= 15 is 0 Å². The maximum absolute atomic E-state index is 2.37. The summed E-state index contributed by atoms with van der Waals surface area (Å²) in [5.74, 6) is 0. The van der Waals surface area contributed by atoms with Gasteiger partial charge < -0.3 is 9.47 Å². The Hall–Kier alpha value is -8.98. The predicted octanol–water partition coefficient (Wildman–Crippen LogP) is 18.3. The molecule has 0 spiro atoms.